The summed E-state index contributed by atoms with van der Waals surface area (Å²) in [5.74, 6) is 1.22. The van der Waals surface area contributed by atoms with Gasteiger partial charge in [0.25, 0.3) is 0 Å². The SMILES string of the molecule is C=C1C(=O)O[C@@H]([C@@H](C)[C@H]2CC[C@H]3[C@@H]4C[C@H]5O[C@]56[C@@H](OC(C)=O)C=CC(=O)[C@]6(C)[C@H]4CC[C@]23C)C=C1C. The lowest BCUT2D eigenvalue weighted by atomic mass is 9.44. The highest BCUT2D eigenvalue weighted by atomic mass is 16.7. The monoisotopic (exact) mass is 494 g/mol. The zero-order chi connectivity index (χ0) is 25.8. The summed E-state index contributed by atoms with van der Waals surface area (Å²) in [5.41, 5.74) is 0.0963. The van der Waals surface area contributed by atoms with Crippen molar-refractivity contribution in [1.29, 1.82) is 0 Å². The van der Waals surface area contributed by atoms with Crippen molar-refractivity contribution >= 4 is 17.7 Å². The molecule has 6 aliphatic rings. The van der Waals surface area contributed by atoms with E-state index in [1.54, 1.807) is 12.2 Å². The number of ether oxygens (including phenoxy) is 3. The topological polar surface area (TPSA) is 82.2 Å². The Labute approximate surface area is 213 Å². The van der Waals surface area contributed by atoms with Gasteiger partial charge in [-0.2, -0.15) is 0 Å². The lowest BCUT2D eigenvalue weighted by Crippen LogP contribution is -2.64. The number of carbonyl (C=O) groups is 3. The molecule has 3 saturated carbocycles. The molecule has 6 heteroatoms. The van der Waals surface area contributed by atoms with Gasteiger partial charge in [0.05, 0.1) is 17.1 Å². The van der Waals surface area contributed by atoms with E-state index in [0.29, 0.717) is 23.3 Å². The molecular formula is C30H38O6. The van der Waals surface area contributed by atoms with Gasteiger partial charge in [-0.25, -0.2) is 4.79 Å². The number of allylic oxidation sites excluding steroid dienone is 1. The van der Waals surface area contributed by atoms with Crippen LogP contribution in [0.5, 0.6) is 0 Å². The van der Waals surface area contributed by atoms with Crippen LogP contribution in [-0.4, -0.2) is 41.6 Å². The molecule has 36 heavy (non-hydrogen) atoms. The number of rotatable bonds is 3. The van der Waals surface area contributed by atoms with Crippen molar-refractivity contribution in [2.75, 3.05) is 0 Å². The first-order valence-electron chi connectivity index (χ1n) is 13.6. The molecule has 0 radical (unpaired) electrons. The minimum absolute atomic E-state index is 0.0586. The smallest absolute Gasteiger partial charge is 0.338 e. The van der Waals surface area contributed by atoms with Crippen molar-refractivity contribution in [2.24, 2.45) is 40.4 Å². The summed E-state index contributed by atoms with van der Waals surface area (Å²) in [7, 11) is 0. The molecule has 11 atom stereocenters. The van der Waals surface area contributed by atoms with Crippen molar-refractivity contribution in [3.63, 3.8) is 0 Å². The highest BCUT2D eigenvalue weighted by Crippen LogP contribution is 2.73. The fraction of sp³-hybridized carbons (Fsp3) is 0.700. The number of hydrogen-bond acceptors (Lipinski definition) is 6. The van der Waals surface area contributed by atoms with E-state index in [1.165, 1.54) is 6.92 Å². The molecule has 1 spiro atoms. The molecule has 0 N–H and O–H groups in total. The molecule has 2 aliphatic heterocycles. The lowest BCUT2D eigenvalue weighted by Gasteiger charge is -2.58. The average molecular weight is 495 g/mol. The Hall–Kier alpha value is -2.21. The first kappa shape index (κ1) is 24.1. The zero-order valence-electron chi connectivity index (χ0n) is 22.0. The van der Waals surface area contributed by atoms with Gasteiger partial charge < -0.3 is 14.2 Å². The molecule has 0 bridgehead atoms. The number of hydrogen-bond donors (Lipinski definition) is 0. The number of esters is 2. The Balaban J connectivity index is 1.29. The third-order valence-electron chi connectivity index (χ3n) is 11.5. The second kappa shape index (κ2) is 7.66. The summed E-state index contributed by atoms with van der Waals surface area (Å²) >= 11 is 0. The molecule has 0 aromatic heterocycles. The van der Waals surface area contributed by atoms with Gasteiger partial charge in [0.2, 0.25) is 0 Å². The minimum Gasteiger partial charge on any atom is -0.455 e. The first-order valence-corrected chi connectivity index (χ1v) is 13.6. The fourth-order valence-electron chi connectivity index (χ4n) is 9.60. The minimum atomic E-state index is -0.717. The number of ketones is 1. The predicted molar refractivity (Wildman–Crippen MR) is 133 cm³/mol. The van der Waals surface area contributed by atoms with Gasteiger partial charge in [-0.3, -0.25) is 9.59 Å². The van der Waals surface area contributed by atoms with Crippen molar-refractivity contribution < 1.29 is 28.6 Å². The van der Waals surface area contributed by atoms with E-state index < -0.39 is 17.1 Å². The van der Waals surface area contributed by atoms with Crippen LogP contribution in [0.2, 0.25) is 0 Å². The van der Waals surface area contributed by atoms with E-state index in [2.05, 4.69) is 33.4 Å². The second-order valence-corrected chi connectivity index (χ2v) is 12.8. The maximum Gasteiger partial charge on any atom is 0.338 e. The van der Waals surface area contributed by atoms with Crippen LogP contribution in [0, 0.1) is 40.4 Å². The van der Waals surface area contributed by atoms with Crippen molar-refractivity contribution in [1.82, 2.24) is 0 Å². The summed E-state index contributed by atoms with van der Waals surface area (Å²) in [5, 5.41) is 0. The van der Waals surface area contributed by atoms with E-state index in [9.17, 15) is 14.4 Å². The number of carbonyl (C=O) groups excluding carboxylic acids is 3. The van der Waals surface area contributed by atoms with Gasteiger partial charge in [0.15, 0.2) is 11.9 Å². The molecule has 0 amide bonds. The highest BCUT2D eigenvalue weighted by molar-refractivity contribution is 5.98. The summed E-state index contributed by atoms with van der Waals surface area (Å²) in [6, 6.07) is 0. The number of epoxide rings is 1. The Morgan fingerprint density at radius 2 is 1.94 bits per heavy atom. The Morgan fingerprint density at radius 1 is 1.19 bits per heavy atom. The summed E-state index contributed by atoms with van der Waals surface area (Å²) in [6.07, 6.45) is 9.79. The Bertz CT molecular complexity index is 1120. The van der Waals surface area contributed by atoms with Crippen LogP contribution in [0.15, 0.2) is 36.0 Å². The van der Waals surface area contributed by atoms with Crippen LogP contribution in [0.3, 0.4) is 0 Å². The van der Waals surface area contributed by atoms with E-state index in [1.807, 2.05) is 6.92 Å². The molecule has 2 heterocycles. The van der Waals surface area contributed by atoms with Crippen LogP contribution < -0.4 is 0 Å². The third-order valence-corrected chi connectivity index (χ3v) is 11.5. The molecule has 0 aromatic rings. The lowest BCUT2D eigenvalue weighted by molar-refractivity contribution is -0.165. The Morgan fingerprint density at radius 3 is 2.64 bits per heavy atom. The molecule has 4 aliphatic carbocycles. The Kier molecular flexibility index (Phi) is 5.13. The summed E-state index contributed by atoms with van der Waals surface area (Å²) in [4.78, 5) is 37.8. The molecule has 194 valence electrons. The summed E-state index contributed by atoms with van der Waals surface area (Å²) in [6.45, 7) is 14.0. The van der Waals surface area contributed by atoms with Gasteiger partial charge in [0.1, 0.15) is 11.7 Å². The van der Waals surface area contributed by atoms with Crippen LogP contribution in [0.1, 0.15) is 66.7 Å². The maximum absolute atomic E-state index is 13.5. The van der Waals surface area contributed by atoms with Crippen molar-refractivity contribution in [3.8, 4) is 0 Å². The number of cyclic esters (lactones) is 1. The molecular weight excluding hydrogens is 456 g/mol. The third kappa shape index (κ3) is 2.91. The van der Waals surface area contributed by atoms with Gasteiger partial charge in [-0.15, -0.1) is 0 Å². The maximum atomic E-state index is 13.5. The van der Waals surface area contributed by atoms with Gasteiger partial charge in [-0.1, -0.05) is 20.4 Å². The van der Waals surface area contributed by atoms with Gasteiger partial charge >= 0.3 is 11.9 Å². The fourth-order valence-corrected chi connectivity index (χ4v) is 9.60. The van der Waals surface area contributed by atoms with E-state index in [0.717, 1.165) is 37.7 Å². The summed E-state index contributed by atoms with van der Waals surface area (Å²) < 4.78 is 17.9. The normalized spacial score (nSPS) is 49.6. The molecule has 0 aromatic carbocycles. The molecule has 1 saturated heterocycles. The van der Waals surface area contributed by atoms with Crippen LogP contribution in [0.4, 0.5) is 0 Å². The van der Waals surface area contributed by atoms with Crippen molar-refractivity contribution in [3.05, 3.63) is 36.0 Å². The van der Waals surface area contributed by atoms with Crippen LogP contribution in [0.25, 0.3) is 0 Å². The highest BCUT2D eigenvalue weighted by Gasteiger charge is 2.81. The quantitative estimate of drug-likeness (QED) is 0.321. The zero-order valence-corrected chi connectivity index (χ0v) is 22.0. The van der Waals surface area contributed by atoms with E-state index >= 15 is 0 Å². The van der Waals surface area contributed by atoms with E-state index in [-0.39, 0.29) is 47.2 Å². The average Bonchev–Trinajstić information content (AvgIpc) is 3.45. The van der Waals surface area contributed by atoms with E-state index in [4.69, 9.17) is 14.2 Å². The molecule has 6 nitrogen and oxygen atoms in total. The largest absolute Gasteiger partial charge is 0.455 e. The van der Waals surface area contributed by atoms with Crippen LogP contribution in [-0.2, 0) is 28.6 Å². The first-order chi connectivity index (χ1) is 16.9. The standard InChI is InChI=1S/C30H38O6/c1-15-13-23(35-27(33)16(15)2)17(3)20-7-8-21-19-14-26-30(36-26)25(34-18(4)31)10-9-24(32)29(30,6)22(19)11-12-28(20,21)5/h9-10,13,17,19-23,25-26H,2,7-8,11-12,14H2,1,3-6H3/t17-,19-,20+,21-,22-,23+,25-,26+,28+,29-,30+/m0/s1. The van der Waals surface area contributed by atoms with Gasteiger partial charge in [0, 0.05) is 12.8 Å². The van der Waals surface area contributed by atoms with Crippen molar-refractivity contribution in [2.45, 2.75) is 90.6 Å². The molecule has 6 rings (SSSR count). The molecule has 0 unspecified atom stereocenters. The second-order valence-electron chi connectivity index (χ2n) is 12.8. The number of fused-ring (bicyclic) bond motifs is 4. The van der Waals surface area contributed by atoms with Crippen LogP contribution >= 0.6 is 0 Å². The molecule has 4 fully saturated rings. The van der Waals surface area contributed by atoms with Gasteiger partial charge in [-0.05, 0) is 98.8 Å². The predicted octanol–water partition coefficient (Wildman–Crippen LogP) is 4.73.